The van der Waals surface area contributed by atoms with Crippen molar-refractivity contribution in [2.24, 2.45) is 5.14 Å². The molecule has 0 saturated heterocycles. The molecule has 1 rings (SSSR count). The van der Waals surface area contributed by atoms with Crippen LogP contribution in [0, 0.1) is 0 Å². The van der Waals surface area contributed by atoms with Crippen LogP contribution in [0.15, 0.2) is 0 Å². The van der Waals surface area contributed by atoms with E-state index in [2.05, 4.69) is 20.5 Å². The molecule has 1 heterocycles. The van der Waals surface area contributed by atoms with Gasteiger partial charge in [-0.1, -0.05) is 13.8 Å². The molecule has 0 aromatic carbocycles. The lowest BCUT2D eigenvalue weighted by Gasteiger charge is -2.07. The second-order valence-corrected chi connectivity index (χ2v) is 5.62. The molecule has 0 bridgehead atoms. The molecule has 1 aromatic heterocycles. The average molecular weight is 273 g/mol. The number of aromatic nitrogens is 3. The third-order valence-electron chi connectivity index (χ3n) is 2.40. The maximum Gasteiger partial charge on any atom is 0.242 e. The van der Waals surface area contributed by atoms with Gasteiger partial charge in [0.05, 0.1) is 17.1 Å². The Morgan fingerprint density at radius 1 is 1.17 bits per heavy atom. The number of anilines is 1. The molecule has 0 spiro atoms. The van der Waals surface area contributed by atoms with Gasteiger partial charge in [0.25, 0.3) is 0 Å². The standard InChI is InChI=1S/C10H19N5O2S/c1-3-8-9(4-2)14-15-10(13-8)12-6-5-7-18(11,16)17/h3-7H2,1-2H3,(H2,11,16,17)(H,12,13,15). The Labute approximate surface area is 107 Å². The number of hydrogen-bond acceptors (Lipinski definition) is 6. The summed E-state index contributed by atoms with van der Waals surface area (Å²) in [4.78, 5) is 4.33. The van der Waals surface area contributed by atoms with Crippen molar-refractivity contribution in [2.75, 3.05) is 17.6 Å². The van der Waals surface area contributed by atoms with Crippen molar-refractivity contribution in [2.45, 2.75) is 33.1 Å². The van der Waals surface area contributed by atoms with E-state index in [1.807, 2.05) is 13.8 Å². The Kier molecular flexibility index (Phi) is 5.42. The van der Waals surface area contributed by atoms with Gasteiger partial charge in [-0.05, 0) is 19.3 Å². The van der Waals surface area contributed by atoms with Crippen LogP contribution in [0.5, 0.6) is 0 Å². The summed E-state index contributed by atoms with van der Waals surface area (Å²) in [7, 11) is -3.40. The van der Waals surface area contributed by atoms with Crippen LogP contribution in [-0.2, 0) is 22.9 Å². The SMILES string of the molecule is CCc1nnc(NCCCS(N)(=O)=O)nc1CC. The summed E-state index contributed by atoms with van der Waals surface area (Å²) in [5, 5.41) is 15.9. The van der Waals surface area contributed by atoms with E-state index in [1.165, 1.54) is 0 Å². The van der Waals surface area contributed by atoms with Gasteiger partial charge in [-0.15, -0.1) is 5.10 Å². The zero-order valence-electron chi connectivity index (χ0n) is 10.7. The van der Waals surface area contributed by atoms with Crippen LogP contribution in [0.25, 0.3) is 0 Å². The molecule has 18 heavy (non-hydrogen) atoms. The van der Waals surface area contributed by atoms with E-state index in [0.717, 1.165) is 24.2 Å². The first-order chi connectivity index (χ1) is 8.46. The molecule has 1 aromatic rings. The van der Waals surface area contributed by atoms with Crippen LogP contribution in [0.1, 0.15) is 31.7 Å². The van der Waals surface area contributed by atoms with Crippen LogP contribution >= 0.6 is 0 Å². The number of primary sulfonamides is 1. The third kappa shape index (κ3) is 4.92. The van der Waals surface area contributed by atoms with Gasteiger partial charge < -0.3 is 5.32 Å². The molecular weight excluding hydrogens is 254 g/mol. The molecule has 8 heteroatoms. The first-order valence-electron chi connectivity index (χ1n) is 5.93. The summed E-state index contributed by atoms with van der Waals surface area (Å²) in [5.41, 5.74) is 1.81. The Balaban J connectivity index is 2.53. The first kappa shape index (κ1) is 14.8. The lowest BCUT2D eigenvalue weighted by atomic mass is 10.2. The quantitative estimate of drug-likeness (QED) is 0.681. The minimum atomic E-state index is -3.40. The molecule has 0 saturated carbocycles. The molecule has 0 atom stereocenters. The number of sulfonamides is 1. The minimum absolute atomic E-state index is 0.0545. The van der Waals surface area contributed by atoms with Crippen LogP contribution in [0.3, 0.4) is 0 Å². The zero-order chi connectivity index (χ0) is 13.6. The summed E-state index contributed by atoms with van der Waals surface area (Å²) in [6.45, 7) is 4.46. The second-order valence-electron chi connectivity index (χ2n) is 3.88. The Morgan fingerprint density at radius 2 is 1.83 bits per heavy atom. The Morgan fingerprint density at radius 3 is 2.39 bits per heavy atom. The summed E-state index contributed by atoms with van der Waals surface area (Å²) in [6, 6.07) is 0. The molecule has 0 radical (unpaired) electrons. The minimum Gasteiger partial charge on any atom is -0.353 e. The van der Waals surface area contributed by atoms with Crippen molar-refractivity contribution >= 4 is 16.0 Å². The predicted octanol–water partition coefficient (Wildman–Crippen LogP) is 0.0869. The van der Waals surface area contributed by atoms with Crippen LogP contribution in [-0.4, -0.2) is 35.9 Å². The third-order valence-corrected chi connectivity index (χ3v) is 3.26. The van der Waals surface area contributed by atoms with Crippen LogP contribution in [0.2, 0.25) is 0 Å². The molecule has 0 fully saturated rings. The lowest BCUT2D eigenvalue weighted by molar-refractivity contribution is 0.595. The van der Waals surface area contributed by atoms with Gasteiger partial charge in [0, 0.05) is 6.54 Å². The molecule has 3 N–H and O–H groups in total. The molecule has 102 valence electrons. The fourth-order valence-electron chi connectivity index (χ4n) is 1.49. The summed E-state index contributed by atoms with van der Waals surface area (Å²) in [6.07, 6.45) is 2.01. The van der Waals surface area contributed by atoms with E-state index in [1.54, 1.807) is 0 Å². The Bertz CT molecular complexity index is 489. The van der Waals surface area contributed by atoms with Gasteiger partial charge in [-0.2, -0.15) is 5.10 Å². The lowest BCUT2D eigenvalue weighted by Crippen LogP contribution is -2.19. The van der Waals surface area contributed by atoms with E-state index in [0.29, 0.717) is 18.9 Å². The van der Waals surface area contributed by atoms with Crippen molar-refractivity contribution < 1.29 is 8.42 Å². The van der Waals surface area contributed by atoms with Crippen LogP contribution < -0.4 is 10.5 Å². The number of nitrogens with one attached hydrogen (secondary N) is 1. The van der Waals surface area contributed by atoms with Crippen molar-refractivity contribution in [3.05, 3.63) is 11.4 Å². The second kappa shape index (κ2) is 6.60. The van der Waals surface area contributed by atoms with Crippen LogP contribution in [0.4, 0.5) is 5.95 Å². The van der Waals surface area contributed by atoms with Gasteiger partial charge in [-0.3, -0.25) is 0 Å². The normalized spacial score (nSPS) is 11.5. The molecule has 7 nitrogen and oxygen atoms in total. The zero-order valence-corrected chi connectivity index (χ0v) is 11.5. The van der Waals surface area contributed by atoms with E-state index in [9.17, 15) is 8.42 Å². The fraction of sp³-hybridized carbons (Fsp3) is 0.700. The maximum atomic E-state index is 10.7. The predicted molar refractivity (Wildman–Crippen MR) is 69.7 cm³/mol. The molecule has 0 aliphatic rings. The van der Waals surface area contributed by atoms with Gasteiger partial charge in [0.15, 0.2) is 0 Å². The van der Waals surface area contributed by atoms with E-state index in [4.69, 9.17) is 5.14 Å². The highest BCUT2D eigenvalue weighted by atomic mass is 32.2. The van der Waals surface area contributed by atoms with Gasteiger partial charge >= 0.3 is 0 Å². The van der Waals surface area contributed by atoms with Crippen molar-refractivity contribution in [3.8, 4) is 0 Å². The van der Waals surface area contributed by atoms with Gasteiger partial charge in [0.1, 0.15) is 0 Å². The summed E-state index contributed by atoms with van der Waals surface area (Å²) >= 11 is 0. The van der Waals surface area contributed by atoms with Gasteiger partial charge in [0.2, 0.25) is 16.0 Å². The number of nitrogens with two attached hydrogens (primary N) is 1. The average Bonchev–Trinajstić information content (AvgIpc) is 2.33. The van der Waals surface area contributed by atoms with Crippen molar-refractivity contribution in [3.63, 3.8) is 0 Å². The largest absolute Gasteiger partial charge is 0.353 e. The highest BCUT2D eigenvalue weighted by Crippen LogP contribution is 2.06. The molecule has 0 aliphatic carbocycles. The molecule has 0 aliphatic heterocycles. The monoisotopic (exact) mass is 273 g/mol. The summed E-state index contributed by atoms with van der Waals surface area (Å²) in [5.74, 6) is 0.375. The maximum absolute atomic E-state index is 10.7. The van der Waals surface area contributed by atoms with Gasteiger partial charge in [-0.25, -0.2) is 18.5 Å². The fourth-order valence-corrected chi connectivity index (χ4v) is 2.03. The highest BCUT2D eigenvalue weighted by Gasteiger charge is 2.06. The van der Waals surface area contributed by atoms with E-state index < -0.39 is 10.0 Å². The molecule has 0 unspecified atom stereocenters. The smallest absolute Gasteiger partial charge is 0.242 e. The number of hydrogen-bond donors (Lipinski definition) is 2. The van der Waals surface area contributed by atoms with E-state index >= 15 is 0 Å². The highest BCUT2D eigenvalue weighted by molar-refractivity contribution is 7.89. The Hall–Kier alpha value is -1.28. The van der Waals surface area contributed by atoms with Crippen molar-refractivity contribution in [1.82, 2.24) is 15.2 Å². The van der Waals surface area contributed by atoms with E-state index in [-0.39, 0.29) is 5.75 Å². The molecular formula is C10H19N5O2S. The number of rotatable bonds is 7. The topological polar surface area (TPSA) is 111 Å². The van der Waals surface area contributed by atoms with Crippen molar-refractivity contribution in [1.29, 1.82) is 0 Å². The number of nitrogens with zero attached hydrogens (tertiary/aromatic N) is 3. The number of aryl methyl sites for hydroxylation is 2. The molecule has 0 amide bonds. The first-order valence-corrected chi connectivity index (χ1v) is 7.64. The summed E-state index contributed by atoms with van der Waals surface area (Å²) < 4.78 is 21.5.